The molecule has 1 aliphatic rings. The number of hydrogen-bond donors (Lipinski definition) is 1. The second-order valence-electron chi connectivity index (χ2n) is 5.31. The molecule has 128 valence electrons. The highest BCUT2D eigenvalue weighted by atomic mass is 32.2. The zero-order valence-corrected chi connectivity index (χ0v) is 15.0. The molecule has 1 aromatic rings. The average molecular weight is 365 g/mol. The van der Waals surface area contributed by atoms with E-state index in [-0.39, 0.29) is 12.3 Å². The van der Waals surface area contributed by atoms with Gasteiger partial charge in [0.05, 0.1) is 12.0 Å². The van der Waals surface area contributed by atoms with Gasteiger partial charge in [0, 0.05) is 13.0 Å². The Kier molecular flexibility index (Phi) is 6.81. The normalized spacial score (nSPS) is 16.0. The zero-order valence-electron chi connectivity index (χ0n) is 13.4. The van der Waals surface area contributed by atoms with Crippen molar-refractivity contribution in [2.24, 2.45) is 0 Å². The van der Waals surface area contributed by atoms with Crippen LogP contribution in [0.4, 0.5) is 0 Å². The number of thiocarbonyl (C=S) groups is 1. The molecule has 0 spiro atoms. The van der Waals surface area contributed by atoms with Gasteiger partial charge in [-0.3, -0.25) is 14.5 Å². The van der Waals surface area contributed by atoms with Crippen molar-refractivity contribution in [3.05, 3.63) is 34.7 Å². The highest BCUT2D eigenvalue weighted by Crippen LogP contribution is 2.33. The Hall–Kier alpha value is -1.86. The van der Waals surface area contributed by atoms with Crippen LogP contribution in [0.5, 0.6) is 5.75 Å². The van der Waals surface area contributed by atoms with Crippen molar-refractivity contribution in [1.82, 2.24) is 4.90 Å². The Morgan fingerprint density at radius 3 is 2.88 bits per heavy atom. The molecule has 1 aliphatic heterocycles. The lowest BCUT2D eigenvalue weighted by Gasteiger charge is -2.13. The number of unbranched alkanes of at least 4 members (excludes halogenated alkanes) is 2. The van der Waals surface area contributed by atoms with Crippen molar-refractivity contribution in [1.29, 1.82) is 0 Å². The molecule has 0 atom stereocenters. The minimum atomic E-state index is -0.790. The Balaban J connectivity index is 1.95. The van der Waals surface area contributed by atoms with Crippen molar-refractivity contribution in [3.63, 3.8) is 0 Å². The van der Waals surface area contributed by atoms with Gasteiger partial charge >= 0.3 is 5.97 Å². The van der Waals surface area contributed by atoms with Crippen LogP contribution in [0.2, 0.25) is 0 Å². The van der Waals surface area contributed by atoms with Gasteiger partial charge in [0.2, 0.25) is 0 Å². The average Bonchev–Trinajstić information content (AvgIpc) is 2.81. The topological polar surface area (TPSA) is 66.8 Å². The molecule has 0 aromatic heterocycles. The third kappa shape index (κ3) is 5.07. The summed E-state index contributed by atoms with van der Waals surface area (Å²) in [5.41, 5.74) is 0.885. The van der Waals surface area contributed by atoms with Crippen molar-refractivity contribution < 1.29 is 19.4 Å². The van der Waals surface area contributed by atoms with E-state index in [1.54, 1.807) is 12.0 Å². The maximum absolute atomic E-state index is 12.5. The molecule has 2 rings (SSSR count). The van der Waals surface area contributed by atoms with Crippen LogP contribution in [-0.2, 0) is 9.59 Å². The molecule has 1 N–H and O–H groups in total. The molecule has 5 nitrogen and oxygen atoms in total. The maximum atomic E-state index is 12.5. The number of hydrogen-bond acceptors (Lipinski definition) is 5. The van der Waals surface area contributed by atoms with Crippen LogP contribution in [0.3, 0.4) is 0 Å². The second kappa shape index (κ2) is 8.84. The standard InChI is InChI=1S/C17H19NO4S2/c1-22-13-7-5-6-12(10-13)11-14-16(21)18(17(23)24-14)9-4-2-3-8-15(19)20/h5-7,10-11H,2-4,8-9H2,1H3,(H,19,20). The molecule has 1 fully saturated rings. The first-order valence-electron chi connectivity index (χ1n) is 7.62. The van der Waals surface area contributed by atoms with Gasteiger partial charge in [-0.15, -0.1) is 0 Å². The Morgan fingerprint density at radius 2 is 2.17 bits per heavy atom. The fraction of sp³-hybridized carbons (Fsp3) is 0.353. The van der Waals surface area contributed by atoms with Gasteiger partial charge in [-0.2, -0.15) is 0 Å². The lowest BCUT2D eigenvalue weighted by atomic mass is 10.2. The molecular weight excluding hydrogens is 346 g/mol. The quantitative estimate of drug-likeness (QED) is 0.432. The van der Waals surface area contributed by atoms with Crippen molar-refractivity contribution in [2.45, 2.75) is 25.7 Å². The van der Waals surface area contributed by atoms with E-state index in [2.05, 4.69) is 0 Å². The van der Waals surface area contributed by atoms with Crippen LogP contribution in [0.1, 0.15) is 31.2 Å². The number of ether oxygens (including phenoxy) is 1. The molecule has 0 saturated carbocycles. The number of rotatable bonds is 8. The molecular formula is C17H19NO4S2. The van der Waals surface area contributed by atoms with Gasteiger partial charge in [0.1, 0.15) is 10.1 Å². The number of thioether (sulfide) groups is 1. The largest absolute Gasteiger partial charge is 0.497 e. The first kappa shape index (κ1) is 18.5. The smallest absolute Gasteiger partial charge is 0.303 e. The summed E-state index contributed by atoms with van der Waals surface area (Å²) in [7, 11) is 1.60. The van der Waals surface area contributed by atoms with Gasteiger partial charge < -0.3 is 9.84 Å². The van der Waals surface area contributed by atoms with E-state index in [9.17, 15) is 9.59 Å². The number of benzene rings is 1. The van der Waals surface area contributed by atoms with E-state index in [0.29, 0.717) is 22.2 Å². The summed E-state index contributed by atoms with van der Waals surface area (Å²) in [6.45, 7) is 0.528. The molecule has 7 heteroatoms. The first-order chi connectivity index (χ1) is 11.5. The fourth-order valence-corrected chi connectivity index (χ4v) is 3.61. The third-order valence-electron chi connectivity index (χ3n) is 3.54. The van der Waals surface area contributed by atoms with E-state index in [0.717, 1.165) is 24.2 Å². The van der Waals surface area contributed by atoms with Crippen molar-refractivity contribution in [3.8, 4) is 5.75 Å². The minimum Gasteiger partial charge on any atom is -0.497 e. The number of aliphatic carboxylic acids is 1. The molecule has 24 heavy (non-hydrogen) atoms. The van der Waals surface area contributed by atoms with E-state index in [1.807, 2.05) is 30.3 Å². The van der Waals surface area contributed by atoms with Crippen LogP contribution in [0, 0.1) is 0 Å². The predicted octanol–water partition coefficient (Wildman–Crippen LogP) is 3.54. The number of carboxylic acids is 1. The Bertz CT molecular complexity index is 672. The molecule has 0 unspecified atom stereocenters. The van der Waals surface area contributed by atoms with Gasteiger partial charge in [0.25, 0.3) is 5.91 Å². The van der Waals surface area contributed by atoms with Crippen LogP contribution >= 0.6 is 24.0 Å². The number of carbonyl (C=O) groups excluding carboxylic acids is 1. The zero-order chi connectivity index (χ0) is 17.5. The summed E-state index contributed by atoms with van der Waals surface area (Å²) in [4.78, 5) is 25.1. The van der Waals surface area contributed by atoms with E-state index >= 15 is 0 Å². The van der Waals surface area contributed by atoms with Gasteiger partial charge in [0.15, 0.2) is 0 Å². The highest BCUT2D eigenvalue weighted by Gasteiger charge is 2.31. The van der Waals surface area contributed by atoms with Crippen LogP contribution in [-0.4, -0.2) is 39.9 Å². The fourth-order valence-electron chi connectivity index (χ4n) is 2.30. The molecule has 1 amide bonds. The van der Waals surface area contributed by atoms with Gasteiger partial charge in [-0.1, -0.05) is 42.5 Å². The third-order valence-corrected chi connectivity index (χ3v) is 4.92. The molecule has 1 heterocycles. The van der Waals surface area contributed by atoms with Gasteiger partial charge in [-0.05, 0) is 36.6 Å². The van der Waals surface area contributed by atoms with Crippen LogP contribution in [0.15, 0.2) is 29.2 Å². The van der Waals surface area contributed by atoms with Crippen LogP contribution < -0.4 is 4.74 Å². The summed E-state index contributed by atoms with van der Waals surface area (Å²) in [5, 5.41) is 8.62. The predicted molar refractivity (Wildman–Crippen MR) is 99.0 cm³/mol. The monoisotopic (exact) mass is 365 g/mol. The number of nitrogens with zero attached hydrogens (tertiary/aromatic N) is 1. The summed E-state index contributed by atoms with van der Waals surface area (Å²) in [5.74, 6) is -0.148. The molecule has 0 radical (unpaired) electrons. The first-order valence-corrected chi connectivity index (χ1v) is 8.85. The summed E-state index contributed by atoms with van der Waals surface area (Å²) >= 11 is 6.58. The molecule has 1 saturated heterocycles. The van der Waals surface area contributed by atoms with E-state index in [1.165, 1.54) is 11.8 Å². The highest BCUT2D eigenvalue weighted by molar-refractivity contribution is 8.26. The SMILES string of the molecule is COc1cccc(C=C2SC(=S)N(CCCCCC(=O)O)C2=O)c1. The second-order valence-corrected chi connectivity index (χ2v) is 6.99. The van der Waals surface area contributed by atoms with E-state index in [4.69, 9.17) is 22.1 Å². The molecule has 0 bridgehead atoms. The summed E-state index contributed by atoms with van der Waals surface area (Å²) in [6.07, 6.45) is 4.09. The Morgan fingerprint density at radius 1 is 1.38 bits per heavy atom. The van der Waals surface area contributed by atoms with Crippen LogP contribution in [0.25, 0.3) is 6.08 Å². The number of methoxy groups -OCH3 is 1. The molecule has 0 aliphatic carbocycles. The minimum absolute atomic E-state index is 0.0916. The van der Waals surface area contributed by atoms with E-state index < -0.39 is 5.97 Å². The summed E-state index contributed by atoms with van der Waals surface area (Å²) < 4.78 is 5.73. The number of carbonyl (C=O) groups is 2. The summed E-state index contributed by atoms with van der Waals surface area (Å²) in [6, 6.07) is 7.48. The maximum Gasteiger partial charge on any atom is 0.303 e. The number of carboxylic acid groups (broad SMARTS) is 1. The molecule has 1 aromatic carbocycles. The van der Waals surface area contributed by atoms with Crippen molar-refractivity contribution in [2.75, 3.05) is 13.7 Å². The Labute approximate surface area is 150 Å². The van der Waals surface area contributed by atoms with Gasteiger partial charge in [-0.25, -0.2) is 0 Å². The lowest BCUT2D eigenvalue weighted by Crippen LogP contribution is -2.29. The lowest BCUT2D eigenvalue weighted by molar-refractivity contribution is -0.137. The van der Waals surface area contributed by atoms with Crippen molar-refractivity contribution >= 4 is 46.3 Å². The number of amides is 1.